The first-order chi connectivity index (χ1) is 10.5. The molecule has 2 rings (SSSR count). The molecule has 2 nitrogen and oxygen atoms in total. The molecule has 0 aliphatic heterocycles. The molecule has 0 aliphatic carbocycles. The average molecular weight is 346 g/mol. The molecule has 23 heavy (non-hydrogen) atoms. The van der Waals surface area contributed by atoms with Gasteiger partial charge in [0.15, 0.2) is 0 Å². The number of hydrogen-bond acceptors (Lipinski definition) is 2. The van der Waals surface area contributed by atoms with Crippen molar-refractivity contribution in [1.29, 1.82) is 0 Å². The van der Waals surface area contributed by atoms with Crippen LogP contribution in [0.4, 0.5) is 18.9 Å². The van der Waals surface area contributed by atoms with Crippen molar-refractivity contribution in [3.05, 3.63) is 59.7 Å². The van der Waals surface area contributed by atoms with E-state index in [2.05, 4.69) is 5.32 Å². The number of hydrogen-bond donors (Lipinski definition) is 1. The first-order valence-electron chi connectivity index (χ1n) is 7.03. The Bertz CT molecular complexity index is 582. The van der Waals surface area contributed by atoms with Crippen molar-refractivity contribution >= 4 is 18.1 Å². The molecule has 0 aromatic heterocycles. The van der Waals surface area contributed by atoms with Crippen molar-refractivity contribution in [2.24, 2.45) is 0 Å². The molecule has 0 unspecified atom stereocenters. The summed E-state index contributed by atoms with van der Waals surface area (Å²) >= 11 is 0. The van der Waals surface area contributed by atoms with Crippen LogP contribution in [0.5, 0.6) is 5.75 Å². The van der Waals surface area contributed by atoms with E-state index in [1.165, 1.54) is 12.1 Å². The van der Waals surface area contributed by atoms with Gasteiger partial charge in [0.05, 0.1) is 12.7 Å². The molecule has 6 heteroatoms. The van der Waals surface area contributed by atoms with Crippen LogP contribution < -0.4 is 10.1 Å². The van der Waals surface area contributed by atoms with E-state index >= 15 is 0 Å². The summed E-state index contributed by atoms with van der Waals surface area (Å²) in [6, 6.07) is 12.9. The first-order valence-corrected chi connectivity index (χ1v) is 7.03. The third-order valence-electron chi connectivity index (χ3n) is 3.34. The quantitative estimate of drug-likeness (QED) is 0.728. The number of aryl methyl sites for hydroxylation is 1. The van der Waals surface area contributed by atoms with E-state index in [1.54, 1.807) is 7.11 Å². The van der Waals surface area contributed by atoms with Gasteiger partial charge in [-0.05, 0) is 54.8 Å². The molecule has 0 amide bonds. The van der Waals surface area contributed by atoms with Gasteiger partial charge in [-0.1, -0.05) is 12.1 Å². The minimum absolute atomic E-state index is 0. The fourth-order valence-corrected chi connectivity index (χ4v) is 2.09. The monoisotopic (exact) mass is 345 g/mol. The van der Waals surface area contributed by atoms with Gasteiger partial charge in [0.1, 0.15) is 5.75 Å². The molecule has 0 spiro atoms. The lowest BCUT2D eigenvalue weighted by molar-refractivity contribution is -0.137. The van der Waals surface area contributed by atoms with Crippen molar-refractivity contribution in [3.8, 4) is 5.75 Å². The number of benzene rings is 2. The molecule has 2 aromatic rings. The fraction of sp³-hybridized carbons (Fsp3) is 0.294. The predicted octanol–water partition coefficient (Wildman–Crippen LogP) is 5.18. The lowest BCUT2D eigenvalue weighted by Crippen LogP contribution is -2.05. The molecule has 0 fully saturated rings. The van der Waals surface area contributed by atoms with Crippen molar-refractivity contribution in [3.63, 3.8) is 0 Å². The second-order valence-electron chi connectivity index (χ2n) is 4.95. The van der Waals surface area contributed by atoms with Crippen LogP contribution in [0.2, 0.25) is 0 Å². The van der Waals surface area contributed by atoms with E-state index in [4.69, 9.17) is 4.74 Å². The van der Waals surface area contributed by atoms with E-state index < -0.39 is 11.7 Å². The summed E-state index contributed by atoms with van der Waals surface area (Å²) in [5, 5.41) is 3.27. The minimum atomic E-state index is -4.27. The maximum Gasteiger partial charge on any atom is 0.416 e. The lowest BCUT2D eigenvalue weighted by Gasteiger charge is -2.09. The third kappa shape index (κ3) is 6.02. The molecule has 0 aliphatic rings. The Kier molecular flexibility index (Phi) is 7.23. The SMILES string of the molecule is COc1ccc(NCCCc2ccc(C(F)(F)F)cc2)cc1.Cl. The van der Waals surface area contributed by atoms with Gasteiger partial charge in [-0.15, -0.1) is 12.4 Å². The molecule has 0 bridgehead atoms. The van der Waals surface area contributed by atoms with Crippen molar-refractivity contribution in [2.75, 3.05) is 19.0 Å². The smallest absolute Gasteiger partial charge is 0.416 e. The lowest BCUT2D eigenvalue weighted by atomic mass is 10.1. The van der Waals surface area contributed by atoms with Gasteiger partial charge in [-0.3, -0.25) is 0 Å². The highest BCUT2D eigenvalue weighted by atomic mass is 35.5. The van der Waals surface area contributed by atoms with Crippen LogP contribution in [-0.4, -0.2) is 13.7 Å². The van der Waals surface area contributed by atoms with E-state index in [0.29, 0.717) is 0 Å². The van der Waals surface area contributed by atoms with E-state index in [1.807, 2.05) is 24.3 Å². The first kappa shape index (κ1) is 19.2. The van der Waals surface area contributed by atoms with Crippen LogP contribution in [0.25, 0.3) is 0 Å². The van der Waals surface area contributed by atoms with Gasteiger partial charge < -0.3 is 10.1 Å². The average Bonchev–Trinajstić information content (AvgIpc) is 2.52. The predicted molar refractivity (Wildman–Crippen MR) is 88.5 cm³/mol. The summed E-state index contributed by atoms with van der Waals surface area (Å²) in [7, 11) is 1.62. The number of halogens is 4. The summed E-state index contributed by atoms with van der Waals surface area (Å²) in [6.07, 6.45) is -2.69. The van der Waals surface area contributed by atoms with Crippen molar-refractivity contribution in [2.45, 2.75) is 19.0 Å². The minimum Gasteiger partial charge on any atom is -0.497 e. The summed E-state index contributed by atoms with van der Waals surface area (Å²) < 4.78 is 42.4. The highest BCUT2D eigenvalue weighted by Crippen LogP contribution is 2.29. The zero-order chi connectivity index (χ0) is 16.0. The molecule has 0 saturated carbocycles. The molecular weight excluding hydrogens is 327 g/mol. The molecule has 0 heterocycles. The summed E-state index contributed by atoms with van der Waals surface area (Å²) in [6.45, 7) is 0.757. The van der Waals surface area contributed by atoms with Crippen LogP contribution in [0.1, 0.15) is 17.5 Å². The van der Waals surface area contributed by atoms with Gasteiger partial charge in [-0.25, -0.2) is 0 Å². The zero-order valence-corrected chi connectivity index (χ0v) is 13.5. The van der Waals surface area contributed by atoms with Crippen LogP contribution >= 0.6 is 12.4 Å². The van der Waals surface area contributed by atoms with Gasteiger partial charge in [0, 0.05) is 12.2 Å². The van der Waals surface area contributed by atoms with Crippen LogP contribution in [0.3, 0.4) is 0 Å². The number of rotatable bonds is 6. The van der Waals surface area contributed by atoms with E-state index in [-0.39, 0.29) is 12.4 Å². The Morgan fingerprint density at radius 2 is 1.57 bits per heavy atom. The number of ether oxygens (including phenoxy) is 1. The van der Waals surface area contributed by atoms with Crippen LogP contribution in [0.15, 0.2) is 48.5 Å². The number of anilines is 1. The maximum absolute atomic E-state index is 12.4. The van der Waals surface area contributed by atoms with E-state index in [0.717, 1.165) is 48.5 Å². The number of methoxy groups -OCH3 is 1. The second-order valence-corrected chi connectivity index (χ2v) is 4.95. The summed E-state index contributed by atoms with van der Waals surface area (Å²) in [4.78, 5) is 0. The Hall–Kier alpha value is -1.88. The Balaban J connectivity index is 0.00000264. The molecule has 1 N–H and O–H groups in total. The molecule has 0 atom stereocenters. The molecule has 2 aromatic carbocycles. The van der Waals surface area contributed by atoms with Crippen molar-refractivity contribution in [1.82, 2.24) is 0 Å². The van der Waals surface area contributed by atoms with E-state index in [9.17, 15) is 13.2 Å². The summed E-state index contributed by atoms with van der Waals surface area (Å²) in [5.41, 5.74) is 1.30. The van der Waals surface area contributed by atoms with Crippen LogP contribution in [0, 0.1) is 0 Å². The largest absolute Gasteiger partial charge is 0.497 e. The summed E-state index contributed by atoms with van der Waals surface area (Å²) in [5.74, 6) is 0.801. The maximum atomic E-state index is 12.4. The van der Waals surface area contributed by atoms with Gasteiger partial charge >= 0.3 is 6.18 Å². The second kappa shape index (κ2) is 8.67. The van der Waals surface area contributed by atoms with Crippen LogP contribution in [-0.2, 0) is 12.6 Å². The number of alkyl halides is 3. The topological polar surface area (TPSA) is 21.3 Å². The molecule has 0 saturated heterocycles. The molecule has 0 radical (unpaired) electrons. The Morgan fingerprint density at radius 1 is 0.957 bits per heavy atom. The third-order valence-corrected chi connectivity index (χ3v) is 3.34. The fourth-order valence-electron chi connectivity index (χ4n) is 2.09. The van der Waals surface area contributed by atoms with Gasteiger partial charge in [0.25, 0.3) is 0 Å². The molecule has 126 valence electrons. The Labute approximate surface area is 140 Å². The van der Waals surface area contributed by atoms with Gasteiger partial charge in [0.2, 0.25) is 0 Å². The standard InChI is InChI=1S/C17H18F3NO.ClH/c1-22-16-10-8-15(9-11-16)21-12-2-3-13-4-6-14(7-5-13)17(18,19)20;/h4-11,21H,2-3,12H2,1H3;1H. The molecular formula is C17H19ClF3NO. The van der Waals surface area contributed by atoms with Gasteiger partial charge in [-0.2, -0.15) is 13.2 Å². The highest BCUT2D eigenvalue weighted by Gasteiger charge is 2.29. The zero-order valence-electron chi connectivity index (χ0n) is 12.7. The normalized spacial score (nSPS) is 10.8. The number of nitrogens with one attached hydrogen (secondary N) is 1. The highest BCUT2D eigenvalue weighted by molar-refractivity contribution is 5.85. The van der Waals surface area contributed by atoms with Crippen molar-refractivity contribution < 1.29 is 17.9 Å². The Morgan fingerprint density at radius 3 is 2.09 bits per heavy atom.